The SMILES string of the molecule is COCOc1ccc2c(c1O)C(=O)C=C(Cl)C2=O. The van der Waals surface area contributed by atoms with E-state index in [0.29, 0.717) is 0 Å². The maximum Gasteiger partial charge on any atom is 0.205 e. The summed E-state index contributed by atoms with van der Waals surface area (Å²) in [4.78, 5) is 23.4. The van der Waals surface area contributed by atoms with Crippen molar-refractivity contribution in [3.05, 3.63) is 34.4 Å². The molecule has 5 nitrogen and oxygen atoms in total. The molecule has 1 aliphatic carbocycles. The summed E-state index contributed by atoms with van der Waals surface area (Å²) < 4.78 is 9.76. The summed E-state index contributed by atoms with van der Waals surface area (Å²) in [6.45, 7) is -0.0783. The van der Waals surface area contributed by atoms with Crippen LogP contribution in [0.4, 0.5) is 0 Å². The Labute approximate surface area is 108 Å². The Morgan fingerprint density at radius 3 is 2.72 bits per heavy atom. The predicted octanol–water partition coefficient (Wildman–Crippen LogP) is 1.88. The Morgan fingerprint density at radius 2 is 2.06 bits per heavy atom. The molecule has 0 aliphatic heterocycles. The van der Waals surface area contributed by atoms with Crippen LogP contribution in [0.2, 0.25) is 0 Å². The summed E-state index contributed by atoms with van der Waals surface area (Å²) in [5.74, 6) is -1.35. The van der Waals surface area contributed by atoms with Gasteiger partial charge in [0, 0.05) is 18.7 Å². The second-order valence-corrected chi connectivity index (χ2v) is 3.98. The second-order valence-electron chi connectivity index (χ2n) is 3.57. The van der Waals surface area contributed by atoms with Crippen molar-refractivity contribution in [2.24, 2.45) is 0 Å². The van der Waals surface area contributed by atoms with Crippen molar-refractivity contribution >= 4 is 23.2 Å². The Morgan fingerprint density at radius 1 is 1.33 bits per heavy atom. The van der Waals surface area contributed by atoms with Crippen LogP contribution < -0.4 is 4.74 Å². The minimum absolute atomic E-state index is 0.0646. The Hall–Kier alpha value is -1.85. The van der Waals surface area contributed by atoms with E-state index in [2.05, 4.69) is 0 Å². The molecule has 0 unspecified atom stereocenters. The van der Waals surface area contributed by atoms with Crippen LogP contribution in [0.25, 0.3) is 0 Å². The number of Topliss-reactive ketones (excluding diaryl/α,β-unsaturated/α-hetero) is 1. The third kappa shape index (κ3) is 1.98. The number of hydrogen-bond donors (Lipinski definition) is 1. The standard InChI is InChI=1S/C12H9ClO5/c1-17-5-18-9-3-2-6-10(12(9)16)8(14)4-7(13)11(6)15/h2-4,16H,5H2,1H3. The van der Waals surface area contributed by atoms with Gasteiger partial charge in [-0.25, -0.2) is 0 Å². The van der Waals surface area contributed by atoms with E-state index in [0.717, 1.165) is 6.08 Å². The molecule has 0 heterocycles. The van der Waals surface area contributed by atoms with Gasteiger partial charge in [0.2, 0.25) is 5.78 Å². The van der Waals surface area contributed by atoms with Crippen molar-refractivity contribution in [1.82, 2.24) is 0 Å². The molecular weight excluding hydrogens is 260 g/mol. The number of ether oxygens (including phenoxy) is 2. The summed E-state index contributed by atoms with van der Waals surface area (Å²) in [5, 5.41) is 9.74. The fraction of sp³-hybridized carbons (Fsp3) is 0.167. The molecule has 0 radical (unpaired) electrons. The van der Waals surface area contributed by atoms with Crippen LogP contribution in [0.15, 0.2) is 23.2 Å². The fourth-order valence-corrected chi connectivity index (χ4v) is 1.83. The van der Waals surface area contributed by atoms with Gasteiger partial charge in [-0.05, 0) is 12.1 Å². The van der Waals surface area contributed by atoms with E-state index >= 15 is 0 Å². The van der Waals surface area contributed by atoms with E-state index in [4.69, 9.17) is 21.1 Å². The molecule has 94 valence electrons. The molecule has 1 aliphatic rings. The van der Waals surface area contributed by atoms with Crippen LogP contribution >= 0.6 is 11.6 Å². The van der Waals surface area contributed by atoms with Crippen molar-refractivity contribution in [3.8, 4) is 11.5 Å². The van der Waals surface area contributed by atoms with Gasteiger partial charge in [0.25, 0.3) is 0 Å². The van der Waals surface area contributed by atoms with Crippen LogP contribution in [0.3, 0.4) is 0 Å². The van der Waals surface area contributed by atoms with Crippen LogP contribution in [0.1, 0.15) is 20.7 Å². The summed E-state index contributed by atoms with van der Waals surface area (Å²) >= 11 is 5.62. The third-order valence-corrected chi connectivity index (χ3v) is 2.72. The van der Waals surface area contributed by atoms with E-state index in [1.165, 1.54) is 19.2 Å². The normalized spacial score (nSPS) is 14.2. The number of fused-ring (bicyclic) bond motifs is 1. The summed E-state index contributed by atoms with van der Waals surface area (Å²) in [6, 6.07) is 2.77. The number of ketones is 2. The first-order valence-corrected chi connectivity index (χ1v) is 5.38. The zero-order chi connectivity index (χ0) is 13.3. The number of methoxy groups -OCH3 is 1. The molecule has 0 saturated carbocycles. The van der Waals surface area contributed by atoms with Gasteiger partial charge in [-0.1, -0.05) is 11.6 Å². The van der Waals surface area contributed by atoms with Gasteiger partial charge in [-0.15, -0.1) is 0 Å². The van der Waals surface area contributed by atoms with Gasteiger partial charge in [0.05, 0.1) is 10.6 Å². The van der Waals surface area contributed by atoms with E-state index < -0.39 is 11.6 Å². The van der Waals surface area contributed by atoms with Gasteiger partial charge in [-0.3, -0.25) is 9.59 Å². The third-order valence-electron chi connectivity index (χ3n) is 2.44. The molecule has 18 heavy (non-hydrogen) atoms. The zero-order valence-electron chi connectivity index (χ0n) is 9.40. The van der Waals surface area contributed by atoms with Crippen molar-refractivity contribution in [3.63, 3.8) is 0 Å². The average molecular weight is 269 g/mol. The number of phenols is 1. The highest BCUT2D eigenvalue weighted by Crippen LogP contribution is 2.36. The molecule has 0 bridgehead atoms. The van der Waals surface area contributed by atoms with Gasteiger partial charge < -0.3 is 14.6 Å². The van der Waals surface area contributed by atoms with Gasteiger partial charge in [0.15, 0.2) is 24.1 Å². The maximum absolute atomic E-state index is 11.7. The predicted molar refractivity (Wildman–Crippen MR) is 63.2 cm³/mol. The molecule has 0 saturated heterocycles. The summed E-state index contributed by atoms with van der Waals surface area (Å²) in [6.07, 6.45) is 0.978. The number of halogens is 1. The highest BCUT2D eigenvalue weighted by Gasteiger charge is 2.29. The van der Waals surface area contributed by atoms with Crippen molar-refractivity contribution in [1.29, 1.82) is 0 Å². The lowest BCUT2D eigenvalue weighted by Crippen LogP contribution is -2.15. The van der Waals surface area contributed by atoms with Gasteiger partial charge >= 0.3 is 0 Å². The minimum Gasteiger partial charge on any atom is -0.504 e. The molecule has 0 spiro atoms. The van der Waals surface area contributed by atoms with Gasteiger partial charge in [0.1, 0.15) is 0 Å². The quantitative estimate of drug-likeness (QED) is 0.848. The zero-order valence-corrected chi connectivity index (χ0v) is 10.2. The summed E-state index contributed by atoms with van der Waals surface area (Å²) in [5.41, 5.74) is -0.0345. The number of phenolic OH excluding ortho intramolecular Hbond substituents is 1. The van der Waals surface area contributed by atoms with Crippen LogP contribution in [0, 0.1) is 0 Å². The number of benzene rings is 1. The van der Waals surface area contributed by atoms with E-state index in [1.54, 1.807) is 0 Å². The van der Waals surface area contributed by atoms with E-state index in [9.17, 15) is 14.7 Å². The number of hydrogen-bond acceptors (Lipinski definition) is 5. The monoisotopic (exact) mass is 268 g/mol. The number of rotatable bonds is 3. The molecule has 0 atom stereocenters. The number of carbonyl (C=O) groups excluding carboxylic acids is 2. The Balaban J connectivity index is 2.51. The molecule has 6 heteroatoms. The molecule has 0 aromatic heterocycles. The summed E-state index contributed by atoms with van der Waals surface area (Å²) in [7, 11) is 1.42. The molecule has 0 fully saturated rings. The van der Waals surface area contributed by atoms with E-state index in [-0.39, 0.29) is 34.5 Å². The van der Waals surface area contributed by atoms with Crippen molar-refractivity contribution in [2.75, 3.05) is 13.9 Å². The minimum atomic E-state index is -0.532. The van der Waals surface area contributed by atoms with Crippen LogP contribution in [0.5, 0.6) is 11.5 Å². The highest BCUT2D eigenvalue weighted by molar-refractivity contribution is 6.49. The lowest BCUT2D eigenvalue weighted by Gasteiger charge is -2.15. The number of carbonyl (C=O) groups is 2. The Kier molecular flexibility index (Phi) is 3.36. The van der Waals surface area contributed by atoms with Crippen LogP contribution in [-0.4, -0.2) is 30.6 Å². The topological polar surface area (TPSA) is 72.8 Å². The van der Waals surface area contributed by atoms with Crippen molar-refractivity contribution < 1.29 is 24.2 Å². The lowest BCUT2D eigenvalue weighted by atomic mass is 9.93. The Bertz CT molecular complexity index is 562. The number of allylic oxidation sites excluding steroid dienone is 2. The van der Waals surface area contributed by atoms with Gasteiger partial charge in [-0.2, -0.15) is 0 Å². The molecule has 1 N–H and O–H groups in total. The van der Waals surface area contributed by atoms with Crippen LogP contribution in [-0.2, 0) is 4.74 Å². The molecular formula is C12H9ClO5. The highest BCUT2D eigenvalue weighted by atomic mass is 35.5. The fourth-order valence-electron chi connectivity index (χ4n) is 1.63. The smallest absolute Gasteiger partial charge is 0.205 e. The molecule has 2 rings (SSSR count). The average Bonchev–Trinajstić information content (AvgIpc) is 2.34. The molecule has 0 amide bonds. The largest absolute Gasteiger partial charge is 0.504 e. The molecule has 1 aromatic carbocycles. The first-order chi connectivity index (χ1) is 8.56. The maximum atomic E-state index is 11.7. The first kappa shape index (κ1) is 12.6. The second kappa shape index (κ2) is 4.80. The molecule has 1 aromatic rings. The lowest BCUT2D eigenvalue weighted by molar-refractivity contribution is 0.0490. The van der Waals surface area contributed by atoms with E-state index in [1.807, 2.05) is 0 Å². The van der Waals surface area contributed by atoms with Crippen molar-refractivity contribution in [2.45, 2.75) is 0 Å². The first-order valence-electron chi connectivity index (χ1n) is 5.00. The number of aromatic hydroxyl groups is 1.